The molecule has 0 aliphatic carbocycles. The van der Waals surface area contributed by atoms with Crippen LogP contribution in [0.25, 0.3) is 23.1 Å². The first kappa shape index (κ1) is 15.9. The molecule has 0 N–H and O–H groups in total. The van der Waals surface area contributed by atoms with Gasteiger partial charge in [0.2, 0.25) is 0 Å². The summed E-state index contributed by atoms with van der Waals surface area (Å²) in [7, 11) is 4.85. The molecule has 0 bridgehead atoms. The topological polar surface area (TPSA) is 40.6 Å². The minimum atomic E-state index is 0.635. The van der Waals surface area contributed by atoms with Crippen LogP contribution in [0.15, 0.2) is 48.5 Å². The molecule has 2 aromatic carbocycles. The van der Waals surface area contributed by atoms with Crippen LogP contribution in [-0.4, -0.2) is 26.3 Å². The fraction of sp³-hybridized carbons (Fsp3) is 0.150. The van der Waals surface area contributed by atoms with Gasteiger partial charge in [0.05, 0.1) is 32.5 Å². The van der Waals surface area contributed by atoms with Gasteiger partial charge in [0, 0.05) is 17.0 Å². The standard InChI is InChI=1S/C20H19NO3/c1-22-18-13-20(24-3)19(23-2)12-15(18)9-11-16-10-8-14-6-4-5-7-17(14)21-16/h4-13H,1-3H3/b11-9-. The van der Waals surface area contributed by atoms with Crippen LogP contribution < -0.4 is 14.2 Å². The van der Waals surface area contributed by atoms with E-state index < -0.39 is 0 Å². The summed E-state index contributed by atoms with van der Waals surface area (Å²) in [5, 5.41) is 1.12. The van der Waals surface area contributed by atoms with Gasteiger partial charge in [-0.25, -0.2) is 4.98 Å². The highest BCUT2D eigenvalue weighted by Gasteiger charge is 2.09. The molecule has 0 saturated heterocycles. The quantitative estimate of drug-likeness (QED) is 0.697. The second kappa shape index (κ2) is 7.04. The van der Waals surface area contributed by atoms with Crippen LogP contribution in [0.3, 0.4) is 0 Å². The second-order valence-corrected chi connectivity index (χ2v) is 5.21. The summed E-state index contributed by atoms with van der Waals surface area (Å²) in [5.41, 5.74) is 2.74. The van der Waals surface area contributed by atoms with E-state index in [0.717, 1.165) is 22.2 Å². The Morgan fingerprint density at radius 2 is 1.46 bits per heavy atom. The van der Waals surface area contributed by atoms with Crippen LogP contribution >= 0.6 is 0 Å². The molecule has 4 nitrogen and oxygen atoms in total. The number of benzene rings is 2. The molecular formula is C20H19NO3. The zero-order valence-corrected chi connectivity index (χ0v) is 13.9. The van der Waals surface area contributed by atoms with Gasteiger partial charge in [-0.15, -0.1) is 0 Å². The highest BCUT2D eigenvalue weighted by molar-refractivity contribution is 5.81. The molecule has 3 rings (SSSR count). The molecule has 0 amide bonds. The van der Waals surface area contributed by atoms with Crippen molar-refractivity contribution in [3.05, 3.63) is 59.8 Å². The predicted molar refractivity (Wildman–Crippen MR) is 96.8 cm³/mol. The summed E-state index contributed by atoms with van der Waals surface area (Å²) in [5.74, 6) is 2.00. The molecule has 1 heterocycles. The van der Waals surface area contributed by atoms with Crippen molar-refractivity contribution in [2.24, 2.45) is 0 Å². The molecular weight excluding hydrogens is 302 g/mol. The zero-order chi connectivity index (χ0) is 16.9. The van der Waals surface area contributed by atoms with Gasteiger partial charge in [-0.1, -0.05) is 24.3 Å². The third kappa shape index (κ3) is 3.18. The van der Waals surface area contributed by atoms with Crippen molar-refractivity contribution < 1.29 is 14.2 Å². The first-order valence-electron chi connectivity index (χ1n) is 7.59. The average molecular weight is 321 g/mol. The Morgan fingerprint density at radius 1 is 0.750 bits per heavy atom. The molecule has 0 atom stereocenters. The molecule has 0 spiro atoms. The van der Waals surface area contributed by atoms with Crippen LogP contribution in [0, 0.1) is 0 Å². The summed E-state index contributed by atoms with van der Waals surface area (Å²) in [6, 6.07) is 15.8. The number of methoxy groups -OCH3 is 3. The molecule has 3 aromatic rings. The normalized spacial score (nSPS) is 11.0. The van der Waals surface area contributed by atoms with E-state index in [-0.39, 0.29) is 0 Å². The van der Waals surface area contributed by atoms with E-state index in [9.17, 15) is 0 Å². The molecule has 0 fully saturated rings. The number of fused-ring (bicyclic) bond motifs is 1. The minimum Gasteiger partial charge on any atom is -0.496 e. The van der Waals surface area contributed by atoms with Crippen molar-refractivity contribution in [1.29, 1.82) is 0 Å². The van der Waals surface area contributed by atoms with Gasteiger partial charge in [0.25, 0.3) is 0 Å². The number of para-hydroxylation sites is 1. The minimum absolute atomic E-state index is 0.635. The Kier molecular flexibility index (Phi) is 4.66. The summed E-state index contributed by atoms with van der Waals surface area (Å²) >= 11 is 0. The first-order chi connectivity index (χ1) is 11.7. The molecule has 0 aliphatic rings. The molecule has 1 aromatic heterocycles. The van der Waals surface area contributed by atoms with Gasteiger partial charge in [0.15, 0.2) is 11.5 Å². The van der Waals surface area contributed by atoms with Gasteiger partial charge in [-0.05, 0) is 30.4 Å². The number of hydrogen-bond donors (Lipinski definition) is 0. The molecule has 0 aliphatic heterocycles. The average Bonchev–Trinajstić information content (AvgIpc) is 2.65. The highest BCUT2D eigenvalue weighted by atomic mass is 16.5. The predicted octanol–water partition coefficient (Wildman–Crippen LogP) is 4.43. The third-order valence-electron chi connectivity index (χ3n) is 3.79. The monoisotopic (exact) mass is 321 g/mol. The van der Waals surface area contributed by atoms with Crippen molar-refractivity contribution >= 4 is 23.1 Å². The van der Waals surface area contributed by atoms with E-state index in [4.69, 9.17) is 14.2 Å². The Balaban J connectivity index is 1.97. The molecule has 0 saturated carbocycles. The number of pyridine rings is 1. The Hall–Kier alpha value is -3.01. The first-order valence-corrected chi connectivity index (χ1v) is 7.59. The maximum Gasteiger partial charge on any atom is 0.164 e. The van der Waals surface area contributed by atoms with Crippen LogP contribution in [0.4, 0.5) is 0 Å². The van der Waals surface area contributed by atoms with E-state index in [1.807, 2.05) is 54.6 Å². The number of rotatable bonds is 5. The zero-order valence-electron chi connectivity index (χ0n) is 13.9. The SMILES string of the molecule is COc1cc(OC)c(OC)cc1/C=C\c1ccc2ccccc2n1. The summed E-state index contributed by atoms with van der Waals surface area (Å²) in [6.07, 6.45) is 3.91. The maximum atomic E-state index is 5.44. The lowest BCUT2D eigenvalue weighted by molar-refractivity contribution is 0.348. The summed E-state index contributed by atoms with van der Waals surface area (Å²) in [4.78, 5) is 4.64. The number of ether oxygens (including phenoxy) is 3. The third-order valence-corrected chi connectivity index (χ3v) is 3.79. The van der Waals surface area contributed by atoms with Crippen LogP contribution in [-0.2, 0) is 0 Å². The van der Waals surface area contributed by atoms with Crippen LogP contribution in [0.5, 0.6) is 17.2 Å². The number of nitrogens with zero attached hydrogens (tertiary/aromatic N) is 1. The number of hydrogen-bond acceptors (Lipinski definition) is 4. The van der Waals surface area contributed by atoms with Crippen molar-refractivity contribution in [1.82, 2.24) is 4.98 Å². The number of aromatic nitrogens is 1. The van der Waals surface area contributed by atoms with Gasteiger partial charge >= 0.3 is 0 Å². The van der Waals surface area contributed by atoms with Crippen LogP contribution in [0.1, 0.15) is 11.3 Å². The second-order valence-electron chi connectivity index (χ2n) is 5.21. The van der Waals surface area contributed by atoms with Gasteiger partial charge < -0.3 is 14.2 Å². The summed E-state index contributed by atoms with van der Waals surface area (Å²) < 4.78 is 16.1. The van der Waals surface area contributed by atoms with Crippen molar-refractivity contribution in [3.8, 4) is 17.2 Å². The Labute approximate surface area is 141 Å². The van der Waals surface area contributed by atoms with Crippen molar-refractivity contribution in [2.45, 2.75) is 0 Å². The van der Waals surface area contributed by atoms with E-state index in [1.54, 1.807) is 21.3 Å². The Bertz CT molecular complexity index is 887. The highest BCUT2D eigenvalue weighted by Crippen LogP contribution is 2.35. The molecule has 0 unspecified atom stereocenters. The maximum absolute atomic E-state index is 5.44. The molecule has 0 radical (unpaired) electrons. The van der Waals surface area contributed by atoms with E-state index in [0.29, 0.717) is 17.2 Å². The lowest BCUT2D eigenvalue weighted by atomic mass is 10.1. The summed E-state index contributed by atoms with van der Waals surface area (Å²) in [6.45, 7) is 0. The smallest absolute Gasteiger partial charge is 0.164 e. The van der Waals surface area contributed by atoms with Crippen molar-refractivity contribution in [3.63, 3.8) is 0 Å². The molecule has 24 heavy (non-hydrogen) atoms. The van der Waals surface area contributed by atoms with E-state index in [1.165, 1.54) is 0 Å². The van der Waals surface area contributed by atoms with Crippen LogP contribution in [0.2, 0.25) is 0 Å². The van der Waals surface area contributed by atoms with Gasteiger partial charge in [0.1, 0.15) is 5.75 Å². The molecule has 4 heteroatoms. The van der Waals surface area contributed by atoms with E-state index in [2.05, 4.69) is 11.1 Å². The van der Waals surface area contributed by atoms with E-state index >= 15 is 0 Å². The van der Waals surface area contributed by atoms with Gasteiger partial charge in [-0.3, -0.25) is 0 Å². The van der Waals surface area contributed by atoms with Gasteiger partial charge in [-0.2, -0.15) is 0 Å². The fourth-order valence-corrected chi connectivity index (χ4v) is 2.53. The molecule has 122 valence electrons. The Morgan fingerprint density at radius 3 is 2.21 bits per heavy atom. The lowest BCUT2D eigenvalue weighted by Crippen LogP contribution is -1.94. The fourth-order valence-electron chi connectivity index (χ4n) is 2.53. The van der Waals surface area contributed by atoms with Crippen molar-refractivity contribution in [2.75, 3.05) is 21.3 Å². The largest absolute Gasteiger partial charge is 0.496 e. The lowest BCUT2D eigenvalue weighted by Gasteiger charge is -2.12.